The maximum absolute atomic E-state index is 12.7. The number of fused-ring (bicyclic) bond motifs is 1. The number of likely N-dealkylation sites (N-methyl/N-ethyl adjacent to an activating group) is 1. The smallest absolute Gasteiger partial charge is 0.266 e. The van der Waals surface area contributed by atoms with E-state index in [-0.39, 0.29) is 11.5 Å². The lowest BCUT2D eigenvalue weighted by Gasteiger charge is -2.35. The zero-order valence-corrected chi connectivity index (χ0v) is 20.2. The van der Waals surface area contributed by atoms with E-state index < -0.39 is 11.5 Å². The molecule has 1 amide bonds. The largest absolute Gasteiger partial charge is 0.367 e. The number of hydrogen-bond acceptors (Lipinski definition) is 5. The zero-order chi connectivity index (χ0) is 24.3. The van der Waals surface area contributed by atoms with Crippen LogP contribution >= 0.6 is 11.6 Å². The van der Waals surface area contributed by atoms with Crippen molar-refractivity contribution in [2.24, 2.45) is 15.4 Å². The average molecular weight is 484 g/mol. The number of nitrogens with zero attached hydrogens (tertiary/aromatic N) is 4. The number of pyridine rings is 1. The minimum absolute atomic E-state index is 0.0358. The van der Waals surface area contributed by atoms with E-state index in [1.807, 2.05) is 23.2 Å². The van der Waals surface area contributed by atoms with Crippen molar-refractivity contribution in [2.45, 2.75) is 25.4 Å². The number of hydrazone groups is 1. The first kappa shape index (κ1) is 23.8. The summed E-state index contributed by atoms with van der Waals surface area (Å²) in [5.41, 5.74) is 4.42. The molecular weight excluding hydrogens is 456 g/mol. The Morgan fingerprint density at radius 3 is 2.74 bits per heavy atom. The molecule has 4 rings (SSSR count). The first-order valence-corrected chi connectivity index (χ1v) is 11.4. The summed E-state index contributed by atoms with van der Waals surface area (Å²) in [6.45, 7) is 0.351. The third-order valence-corrected chi connectivity index (χ3v) is 6.26. The SMILES string of the molecule is CN=CCC1(C=[N+]2NC(=Nc3ccc(Cl)cc3)c3c2cc[nH]c3=O)CCC(C(=O)N(C)C)OC1. The molecule has 1 saturated heterocycles. The van der Waals surface area contributed by atoms with Gasteiger partial charge in [-0.05, 0) is 49.7 Å². The number of ether oxygens (including phenoxy) is 1. The van der Waals surface area contributed by atoms with Crippen molar-refractivity contribution in [1.29, 1.82) is 0 Å². The van der Waals surface area contributed by atoms with E-state index in [9.17, 15) is 9.59 Å². The molecule has 9 nitrogen and oxygen atoms in total. The summed E-state index contributed by atoms with van der Waals surface area (Å²) in [6.07, 6.45) is 6.97. The molecule has 2 atom stereocenters. The molecule has 1 aromatic carbocycles. The van der Waals surface area contributed by atoms with E-state index in [1.54, 1.807) is 56.5 Å². The summed E-state index contributed by atoms with van der Waals surface area (Å²) in [7, 11) is 5.19. The van der Waals surface area contributed by atoms with Crippen LogP contribution in [0.15, 0.2) is 51.3 Å². The number of rotatable bonds is 5. The quantitative estimate of drug-likeness (QED) is 0.504. The van der Waals surface area contributed by atoms with Gasteiger partial charge in [-0.25, -0.2) is 4.99 Å². The van der Waals surface area contributed by atoms with Gasteiger partial charge in [0.15, 0.2) is 11.8 Å². The number of benzene rings is 1. The van der Waals surface area contributed by atoms with Crippen molar-refractivity contribution in [3.63, 3.8) is 0 Å². The van der Waals surface area contributed by atoms with Gasteiger partial charge in [-0.2, -0.15) is 0 Å². The third-order valence-electron chi connectivity index (χ3n) is 6.01. The molecule has 178 valence electrons. The summed E-state index contributed by atoms with van der Waals surface area (Å²) in [5.74, 6) is 0.401. The van der Waals surface area contributed by atoms with Gasteiger partial charge in [0.25, 0.3) is 17.2 Å². The molecule has 2 aromatic rings. The molecule has 0 bridgehead atoms. The second-order valence-corrected chi connectivity index (χ2v) is 9.13. The Balaban J connectivity index is 1.70. The van der Waals surface area contributed by atoms with Crippen LogP contribution in [0.1, 0.15) is 24.8 Å². The topological polar surface area (TPSA) is 102 Å². The highest BCUT2D eigenvalue weighted by Gasteiger charge is 2.43. The molecule has 2 N–H and O–H groups in total. The van der Waals surface area contributed by atoms with Gasteiger partial charge in [-0.3, -0.25) is 9.59 Å². The number of halogens is 1. The summed E-state index contributed by atoms with van der Waals surface area (Å²) in [4.78, 5) is 38.2. The molecule has 1 fully saturated rings. The van der Waals surface area contributed by atoms with E-state index in [1.165, 1.54) is 0 Å². The number of nitrogens with one attached hydrogen (secondary N) is 2. The molecule has 0 spiro atoms. The fourth-order valence-corrected chi connectivity index (χ4v) is 4.27. The van der Waals surface area contributed by atoms with Gasteiger partial charge in [0.05, 0.1) is 17.7 Å². The maximum atomic E-state index is 12.7. The second-order valence-electron chi connectivity index (χ2n) is 8.69. The molecule has 0 aliphatic carbocycles. The highest BCUT2D eigenvalue weighted by Crippen LogP contribution is 2.34. The van der Waals surface area contributed by atoms with Crippen molar-refractivity contribution in [3.8, 4) is 0 Å². The summed E-state index contributed by atoms with van der Waals surface area (Å²) in [5, 5.41) is 0.611. The van der Waals surface area contributed by atoms with Crippen LogP contribution in [-0.4, -0.2) is 72.6 Å². The average Bonchev–Trinajstić information content (AvgIpc) is 3.17. The molecular formula is C24H28ClN6O3+. The van der Waals surface area contributed by atoms with Gasteiger partial charge < -0.3 is 19.6 Å². The van der Waals surface area contributed by atoms with Gasteiger partial charge in [0, 0.05) is 38.4 Å². The molecule has 2 aliphatic heterocycles. The van der Waals surface area contributed by atoms with Crippen LogP contribution in [0.4, 0.5) is 11.4 Å². The van der Waals surface area contributed by atoms with Crippen molar-refractivity contribution < 1.29 is 14.2 Å². The maximum Gasteiger partial charge on any atom is 0.266 e. The fraction of sp³-hybridized carbons (Fsp3) is 0.375. The van der Waals surface area contributed by atoms with E-state index in [0.29, 0.717) is 47.2 Å². The Labute approximate surface area is 202 Å². The molecule has 1 aromatic heterocycles. The normalized spacial score (nSPS) is 24.4. The Morgan fingerprint density at radius 1 is 1.32 bits per heavy atom. The molecule has 2 unspecified atom stereocenters. The van der Waals surface area contributed by atoms with Crippen molar-refractivity contribution in [1.82, 2.24) is 15.3 Å². The number of H-pyrrole nitrogens is 1. The van der Waals surface area contributed by atoms with Crippen LogP contribution in [0, 0.1) is 5.41 Å². The summed E-state index contributed by atoms with van der Waals surface area (Å²) >= 11 is 5.99. The minimum Gasteiger partial charge on any atom is -0.367 e. The minimum atomic E-state index is -0.459. The van der Waals surface area contributed by atoms with Crippen LogP contribution in [0.3, 0.4) is 0 Å². The van der Waals surface area contributed by atoms with Crippen LogP contribution < -0.4 is 11.0 Å². The molecule has 0 saturated carbocycles. The van der Waals surface area contributed by atoms with Crippen molar-refractivity contribution >= 4 is 47.1 Å². The van der Waals surface area contributed by atoms with E-state index in [0.717, 1.165) is 6.42 Å². The fourth-order valence-electron chi connectivity index (χ4n) is 4.14. The van der Waals surface area contributed by atoms with Gasteiger partial charge in [-0.1, -0.05) is 16.3 Å². The number of hydrogen-bond donors (Lipinski definition) is 2. The Morgan fingerprint density at radius 2 is 2.09 bits per heavy atom. The third kappa shape index (κ3) is 4.95. The first-order valence-electron chi connectivity index (χ1n) is 11.0. The van der Waals surface area contributed by atoms with E-state index >= 15 is 0 Å². The molecule has 34 heavy (non-hydrogen) atoms. The van der Waals surface area contributed by atoms with Crippen LogP contribution in [0.5, 0.6) is 0 Å². The zero-order valence-electron chi connectivity index (χ0n) is 19.4. The van der Waals surface area contributed by atoms with E-state index in [4.69, 9.17) is 16.3 Å². The monoisotopic (exact) mass is 483 g/mol. The number of aliphatic imine (C=N–C) groups is 2. The lowest BCUT2D eigenvalue weighted by Crippen LogP contribution is -2.46. The molecule has 0 radical (unpaired) electrons. The number of amides is 1. The van der Waals surface area contributed by atoms with Gasteiger partial charge in [0.1, 0.15) is 6.10 Å². The standard InChI is InChI=1S/C24H27ClN6O3/c1-26-13-11-24(10-8-19(34-15-24)23(33)30(2)3)14-31-18-9-12-27-22(32)20(18)21(29-31)28-17-6-4-16(25)5-7-17/h4-7,9,12-14,19H,8,10-11,15H2,1-3H3,(H-,27,28,29,32)/p+1. The predicted octanol–water partition coefficient (Wildman–Crippen LogP) is 2.68. The second kappa shape index (κ2) is 9.90. The van der Waals surface area contributed by atoms with Gasteiger partial charge in [0.2, 0.25) is 5.84 Å². The number of hydrazine groups is 1. The predicted molar refractivity (Wildman–Crippen MR) is 133 cm³/mol. The number of carbonyl (C=O) groups is 1. The number of aromatic nitrogens is 1. The highest BCUT2D eigenvalue weighted by molar-refractivity contribution is 6.30. The highest BCUT2D eigenvalue weighted by atomic mass is 35.5. The van der Waals surface area contributed by atoms with Crippen molar-refractivity contribution in [3.05, 3.63) is 57.5 Å². The van der Waals surface area contributed by atoms with E-state index in [2.05, 4.69) is 20.4 Å². The molecule has 3 heterocycles. The lowest BCUT2D eigenvalue weighted by molar-refractivity contribution is -0.480. The van der Waals surface area contributed by atoms with Crippen LogP contribution in [0.25, 0.3) is 0 Å². The lowest BCUT2D eigenvalue weighted by atomic mass is 9.79. The number of carbonyl (C=O) groups excluding carboxylic acids is 1. The number of aromatic amines is 1. The first-order chi connectivity index (χ1) is 16.3. The Bertz CT molecular complexity index is 1210. The Kier molecular flexibility index (Phi) is 6.95. The van der Waals surface area contributed by atoms with Gasteiger partial charge in [-0.15, -0.1) is 5.43 Å². The summed E-state index contributed by atoms with van der Waals surface area (Å²) < 4.78 is 7.84. The molecule has 10 heteroatoms. The summed E-state index contributed by atoms with van der Waals surface area (Å²) in [6, 6.07) is 8.90. The molecule has 2 aliphatic rings. The van der Waals surface area contributed by atoms with Crippen molar-refractivity contribution in [2.75, 3.05) is 27.7 Å². The van der Waals surface area contributed by atoms with Crippen LogP contribution in [-0.2, 0) is 9.53 Å². The van der Waals surface area contributed by atoms with Crippen LogP contribution in [0.2, 0.25) is 5.02 Å². The Hall–Kier alpha value is -3.30. The van der Waals surface area contributed by atoms with Gasteiger partial charge >= 0.3 is 0 Å². The number of amidine groups is 1.